The standard InChI is InChI=1S/C26H35FN4O5/c1-16(11-12-24(33)34)28-23(32)15-30-25(35)19-13-20(27)21(29-17-7-3-2-4-8-17)14-22(19)31(26(30)36)18-9-5-6-10-18/h13-14,16-18,29H,2-12,15H2,1H3,(H,28,32)(H,33,34)/t16-/m1/s1. The van der Waals surface area contributed by atoms with Gasteiger partial charge >= 0.3 is 11.7 Å². The molecule has 1 atom stereocenters. The van der Waals surface area contributed by atoms with Gasteiger partial charge in [0.1, 0.15) is 12.4 Å². The Morgan fingerprint density at radius 3 is 2.42 bits per heavy atom. The number of hydrogen-bond donors (Lipinski definition) is 3. The van der Waals surface area contributed by atoms with Crippen LogP contribution in [0.5, 0.6) is 0 Å². The predicted molar refractivity (Wildman–Crippen MR) is 135 cm³/mol. The Bertz CT molecular complexity index is 1240. The number of aromatic nitrogens is 2. The number of hydrogen-bond acceptors (Lipinski definition) is 5. The van der Waals surface area contributed by atoms with Crippen LogP contribution in [0.15, 0.2) is 21.7 Å². The Balaban J connectivity index is 1.71. The van der Waals surface area contributed by atoms with E-state index < -0.39 is 41.5 Å². The van der Waals surface area contributed by atoms with Crippen LogP contribution in [0.1, 0.15) is 83.6 Å². The zero-order chi connectivity index (χ0) is 25.8. The van der Waals surface area contributed by atoms with Gasteiger partial charge in [0.15, 0.2) is 0 Å². The normalized spacial score (nSPS) is 17.8. The van der Waals surface area contributed by atoms with E-state index in [2.05, 4.69) is 10.6 Å². The van der Waals surface area contributed by atoms with Gasteiger partial charge in [-0.3, -0.25) is 23.5 Å². The van der Waals surface area contributed by atoms with Gasteiger partial charge in [0.25, 0.3) is 5.56 Å². The first kappa shape index (κ1) is 25.9. The Morgan fingerprint density at radius 2 is 1.75 bits per heavy atom. The van der Waals surface area contributed by atoms with Gasteiger partial charge in [0.2, 0.25) is 5.91 Å². The third-order valence-electron chi connectivity index (χ3n) is 7.41. The lowest BCUT2D eigenvalue weighted by Crippen LogP contribution is -2.46. The van der Waals surface area contributed by atoms with Gasteiger partial charge in [-0.1, -0.05) is 32.1 Å². The fourth-order valence-corrected chi connectivity index (χ4v) is 5.51. The van der Waals surface area contributed by atoms with Crippen molar-refractivity contribution in [2.75, 3.05) is 5.32 Å². The van der Waals surface area contributed by atoms with Gasteiger partial charge < -0.3 is 15.7 Å². The average molecular weight is 503 g/mol. The third-order valence-corrected chi connectivity index (χ3v) is 7.41. The summed E-state index contributed by atoms with van der Waals surface area (Å²) in [6.07, 6.45) is 8.81. The average Bonchev–Trinajstić information content (AvgIpc) is 3.37. The lowest BCUT2D eigenvalue weighted by atomic mass is 9.95. The van der Waals surface area contributed by atoms with Crippen LogP contribution in [0.4, 0.5) is 10.1 Å². The molecule has 1 aromatic heterocycles. The minimum atomic E-state index is -0.972. The number of nitrogens with zero attached hydrogens (tertiary/aromatic N) is 2. The molecular weight excluding hydrogens is 467 g/mol. The number of nitrogens with one attached hydrogen (secondary N) is 2. The first-order valence-electron chi connectivity index (χ1n) is 13.0. The molecule has 1 aromatic carbocycles. The largest absolute Gasteiger partial charge is 0.481 e. The van der Waals surface area contributed by atoms with Gasteiger partial charge in [-0.15, -0.1) is 0 Å². The molecule has 0 radical (unpaired) electrons. The molecule has 0 aliphatic heterocycles. The molecule has 2 fully saturated rings. The van der Waals surface area contributed by atoms with Crippen molar-refractivity contribution >= 4 is 28.5 Å². The zero-order valence-electron chi connectivity index (χ0n) is 20.7. The molecule has 4 rings (SSSR count). The SMILES string of the molecule is C[C@H](CCC(=O)O)NC(=O)Cn1c(=O)c2cc(F)c(NC3CCCCC3)cc2n(C2CCCC2)c1=O. The summed E-state index contributed by atoms with van der Waals surface area (Å²) in [6, 6.07) is 2.35. The van der Waals surface area contributed by atoms with Crippen molar-refractivity contribution in [3.63, 3.8) is 0 Å². The van der Waals surface area contributed by atoms with Crippen molar-refractivity contribution in [3.8, 4) is 0 Å². The molecule has 1 amide bonds. The molecule has 2 aliphatic rings. The predicted octanol–water partition coefficient (Wildman–Crippen LogP) is 3.53. The van der Waals surface area contributed by atoms with Crippen LogP contribution in [0.2, 0.25) is 0 Å². The number of fused-ring (bicyclic) bond motifs is 1. The Morgan fingerprint density at radius 1 is 1.08 bits per heavy atom. The smallest absolute Gasteiger partial charge is 0.332 e. The molecule has 2 aromatic rings. The first-order chi connectivity index (χ1) is 17.2. The number of amides is 1. The van der Waals surface area contributed by atoms with E-state index in [0.717, 1.165) is 55.9 Å². The van der Waals surface area contributed by atoms with Gasteiger partial charge in [0, 0.05) is 24.5 Å². The summed E-state index contributed by atoms with van der Waals surface area (Å²) in [5.41, 5.74) is -0.602. The lowest BCUT2D eigenvalue weighted by Gasteiger charge is -2.25. The van der Waals surface area contributed by atoms with Crippen LogP contribution in [0, 0.1) is 5.82 Å². The second-order valence-corrected chi connectivity index (χ2v) is 10.2. The molecule has 2 saturated carbocycles. The summed E-state index contributed by atoms with van der Waals surface area (Å²) in [7, 11) is 0. The molecule has 1 heterocycles. The summed E-state index contributed by atoms with van der Waals surface area (Å²) in [4.78, 5) is 50.3. The summed E-state index contributed by atoms with van der Waals surface area (Å²) < 4.78 is 17.6. The molecule has 2 aliphatic carbocycles. The third kappa shape index (κ3) is 5.79. The topological polar surface area (TPSA) is 122 Å². The number of carboxylic acid groups (broad SMARTS) is 1. The summed E-state index contributed by atoms with van der Waals surface area (Å²) in [6.45, 7) is 1.15. The highest BCUT2D eigenvalue weighted by atomic mass is 19.1. The van der Waals surface area contributed by atoms with E-state index in [1.807, 2.05) is 0 Å². The van der Waals surface area contributed by atoms with Gasteiger partial charge in [0.05, 0.1) is 16.6 Å². The van der Waals surface area contributed by atoms with Crippen molar-refractivity contribution in [3.05, 3.63) is 38.8 Å². The quantitative estimate of drug-likeness (QED) is 0.482. The van der Waals surface area contributed by atoms with Crippen molar-refractivity contribution in [1.82, 2.24) is 14.5 Å². The van der Waals surface area contributed by atoms with Crippen LogP contribution >= 0.6 is 0 Å². The number of halogens is 1. The molecule has 196 valence electrons. The molecule has 9 nitrogen and oxygen atoms in total. The highest BCUT2D eigenvalue weighted by Crippen LogP contribution is 2.32. The number of anilines is 1. The van der Waals surface area contributed by atoms with Crippen LogP contribution < -0.4 is 21.9 Å². The van der Waals surface area contributed by atoms with Gasteiger partial charge in [-0.2, -0.15) is 0 Å². The maximum absolute atomic E-state index is 15.2. The number of aliphatic carboxylic acids is 1. The van der Waals surface area contributed by atoms with E-state index in [4.69, 9.17) is 5.11 Å². The minimum Gasteiger partial charge on any atom is -0.481 e. The van der Waals surface area contributed by atoms with Crippen molar-refractivity contribution in [2.45, 2.75) is 102 Å². The Labute approximate surface area is 208 Å². The number of carbonyl (C=O) groups excluding carboxylic acids is 1. The number of benzene rings is 1. The minimum absolute atomic E-state index is 0.0694. The number of carbonyl (C=O) groups is 2. The first-order valence-corrected chi connectivity index (χ1v) is 13.0. The molecule has 10 heteroatoms. The van der Waals surface area contributed by atoms with Crippen molar-refractivity contribution < 1.29 is 19.1 Å². The molecule has 3 N–H and O–H groups in total. The van der Waals surface area contributed by atoms with E-state index in [-0.39, 0.29) is 30.3 Å². The van der Waals surface area contributed by atoms with E-state index in [1.165, 1.54) is 12.5 Å². The van der Waals surface area contributed by atoms with E-state index in [1.54, 1.807) is 17.6 Å². The summed E-state index contributed by atoms with van der Waals surface area (Å²) in [5, 5.41) is 14.8. The number of rotatable bonds is 9. The second kappa shape index (κ2) is 11.3. The zero-order valence-corrected chi connectivity index (χ0v) is 20.7. The summed E-state index contributed by atoms with van der Waals surface area (Å²) in [5.74, 6) is -2.10. The molecule has 0 spiro atoms. The van der Waals surface area contributed by atoms with Crippen LogP contribution in [-0.2, 0) is 16.1 Å². The molecule has 36 heavy (non-hydrogen) atoms. The fraction of sp³-hybridized carbons (Fsp3) is 0.615. The van der Waals surface area contributed by atoms with Crippen LogP contribution in [-0.4, -0.2) is 38.2 Å². The lowest BCUT2D eigenvalue weighted by molar-refractivity contribution is -0.137. The monoisotopic (exact) mass is 502 g/mol. The van der Waals surface area contributed by atoms with Gasteiger partial charge in [-0.25, -0.2) is 9.18 Å². The Hall–Kier alpha value is -3.17. The van der Waals surface area contributed by atoms with E-state index >= 15 is 4.39 Å². The van der Waals surface area contributed by atoms with Crippen LogP contribution in [0.3, 0.4) is 0 Å². The van der Waals surface area contributed by atoms with Crippen molar-refractivity contribution in [2.24, 2.45) is 0 Å². The maximum Gasteiger partial charge on any atom is 0.332 e. The molecule has 0 bridgehead atoms. The highest BCUT2D eigenvalue weighted by Gasteiger charge is 2.26. The van der Waals surface area contributed by atoms with Crippen LogP contribution in [0.25, 0.3) is 10.9 Å². The van der Waals surface area contributed by atoms with E-state index in [0.29, 0.717) is 11.2 Å². The Kier molecular flexibility index (Phi) is 8.11. The van der Waals surface area contributed by atoms with E-state index in [9.17, 15) is 19.2 Å². The fourth-order valence-electron chi connectivity index (χ4n) is 5.51. The van der Waals surface area contributed by atoms with Crippen molar-refractivity contribution in [1.29, 1.82) is 0 Å². The molecular formula is C26H35FN4O5. The highest BCUT2D eigenvalue weighted by molar-refractivity contribution is 5.83. The molecule has 0 unspecified atom stereocenters. The maximum atomic E-state index is 15.2. The summed E-state index contributed by atoms with van der Waals surface area (Å²) >= 11 is 0. The van der Waals surface area contributed by atoms with Gasteiger partial charge in [-0.05, 0) is 51.2 Å². The molecule has 0 saturated heterocycles. The second-order valence-electron chi connectivity index (χ2n) is 10.2. The number of carboxylic acids is 1.